The number of carbonyl (C=O) groups is 1. The molecule has 0 bridgehead atoms. The molecule has 1 fully saturated rings. The number of hydrogen-bond acceptors (Lipinski definition) is 4. The Morgan fingerprint density at radius 3 is 2.75 bits per heavy atom. The van der Waals surface area contributed by atoms with Gasteiger partial charge in [0.2, 0.25) is 5.78 Å². The summed E-state index contributed by atoms with van der Waals surface area (Å²) in [5, 5.41) is 0.959. The van der Waals surface area contributed by atoms with Gasteiger partial charge in [-0.15, -0.1) is 0 Å². The molecule has 0 saturated carbocycles. The van der Waals surface area contributed by atoms with Crippen LogP contribution in [-0.2, 0) is 0 Å². The lowest BCUT2D eigenvalue weighted by Crippen LogP contribution is -2.46. The molecule has 2 heterocycles. The summed E-state index contributed by atoms with van der Waals surface area (Å²) in [5.74, 6) is 0.513. The predicted octanol–water partition coefficient (Wildman–Crippen LogP) is 2.63. The molecular weight excluding hydrogens is 320 g/mol. The maximum absolute atomic E-state index is 12.3. The average molecular weight is 337 g/mol. The van der Waals surface area contributed by atoms with Crippen molar-refractivity contribution in [2.75, 3.05) is 39.8 Å². The average Bonchev–Trinajstić information content (AvgIpc) is 2.84. The van der Waals surface area contributed by atoms with Crippen molar-refractivity contribution in [1.82, 2.24) is 9.80 Å². The maximum Gasteiger partial charge on any atom is 0.211 e. The normalized spacial score (nSPS) is 17.7. The monoisotopic (exact) mass is 336 g/mol. The molecule has 1 aliphatic heterocycles. The van der Waals surface area contributed by atoms with Gasteiger partial charge < -0.3 is 9.32 Å². The topological polar surface area (TPSA) is 36.7 Å². The highest BCUT2D eigenvalue weighted by molar-refractivity contribution is 9.10. The number of likely N-dealkylation sites (N-methyl/N-ethyl adjacent to an activating group) is 1. The lowest BCUT2D eigenvalue weighted by atomic mass is 10.2. The largest absolute Gasteiger partial charge is 0.453 e. The van der Waals surface area contributed by atoms with Gasteiger partial charge in [-0.05, 0) is 31.3 Å². The summed E-state index contributed by atoms with van der Waals surface area (Å²) < 4.78 is 6.63. The van der Waals surface area contributed by atoms with Crippen molar-refractivity contribution in [3.05, 3.63) is 34.5 Å². The van der Waals surface area contributed by atoms with Crippen LogP contribution in [0.3, 0.4) is 0 Å². The molecule has 3 rings (SSSR count). The van der Waals surface area contributed by atoms with Gasteiger partial charge in [-0.2, -0.15) is 0 Å². The number of halogens is 1. The first-order valence-electron chi connectivity index (χ1n) is 6.75. The Morgan fingerprint density at radius 2 is 2.00 bits per heavy atom. The van der Waals surface area contributed by atoms with Gasteiger partial charge in [0.1, 0.15) is 5.58 Å². The molecule has 1 aromatic heterocycles. The third kappa shape index (κ3) is 2.95. The lowest BCUT2D eigenvalue weighted by Gasteiger charge is -2.31. The highest BCUT2D eigenvalue weighted by Gasteiger charge is 2.19. The van der Waals surface area contributed by atoms with Crippen LogP contribution in [0, 0.1) is 0 Å². The van der Waals surface area contributed by atoms with Crippen LogP contribution in [0.1, 0.15) is 10.6 Å². The van der Waals surface area contributed by atoms with Crippen molar-refractivity contribution in [2.45, 2.75) is 0 Å². The number of Topliss-reactive ketones (excluding diaryl/α,β-unsaturated/α-hetero) is 1. The molecule has 0 N–H and O–H groups in total. The van der Waals surface area contributed by atoms with Crippen LogP contribution in [0.25, 0.3) is 11.0 Å². The summed E-state index contributed by atoms with van der Waals surface area (Å²) in [4.78, 5) is 16.8. The van der Waals surface area contributed by atoms with E-state index in [4.69, 9.17) is 4.42 Å². The standard InChI is InChI=1S/C15H17BrN2O2/c1-17-4-6-18(7-5-17)10-13(19)15-9-11-8-12(16)2-3-14(11)20-15/h2-3,8-9H,4-7,10H2,1H3. The molecule has 1 saturated heterocycles. The first kappa shape index (κ1) is 13.8. The smallest absolute Gasteiger partial charge is 0.211 e. The summed E-state index contributed by atoms with van der Waals surface area (Å²) in [6, 6.07) is 7.59. The van der Waals surface area contributed by atoms with E-state index < -0.39 is 0 Å². The van der Waals surface area contributed by atoms with Crippen LogP contribution in [0.4, 0.5) is 0 Å². The van der Waals surface area contributed by atoms with Crippen molar-refractivity contribution in [2.24, 2.45) is 0 Å². The Balaban J connectivity index is 1.72. The van der Waals surface area contributed by atoms with Crippen LogP contribution in [-0.4, -0.2) is 55.4 Å². The molecule has 1 aliphatic rings. The van der Waals surface area contributed by atoms with Gasteiger partial charge in [0.15, 0.2) is 5.76 Å². The Bertz CT molecular complexity index is 630. The number of ketones is 1. The zero-order chi connectivity index (χ0) is 14.1. The number of piperazine rings is 1. The molecule has 0 radical (unpaired) electrons. The molecule has 5 heteroatoms. The van der Waals surface area contributed by atoms with E-state index >= 15 is 0 Å². The fraction of sp³-hybridized carbons (Fsp3) is 0.400. The van der Waals surface area contributed by atoms with Crippen molar-refractivity contribution in [1.29, 1.82) is 0 Å². The molecule has 0 amide bonds. The predicted molar refractivity (Wildman–Crippen MR) is 82.2 cm³/mol. The fourth-order valence-corrected chi connectivity index (χ4v) is 2.82. The number of rotatable bonds is 3. The zero-order valence-corrected chi connectivity index (χ0v) is 13.0. The molecule has 0 spiro atoms. The molecular formula is C15H17BrN2O2. The Hall–Kier alpha value is -1.17. The fourth-order valence-electron chi connectivity index (χ4n) is 2.44. The summed E-state index contributed by atoms with van der Waals surface area (Å²) in [6.07, 6.45) is 0. The number of fused-ring (bicyclic) bond motifs is 1. The Morgan fingerprint density at radius 1 is 1.25 bits per heavy atom. The second kappa shape index (κ2) is 5.68. The maximum atomic E-state index is 12.3. The number of furan rings is 1. The van der Waals surface area contributed by atoms with E-state index in [0.717, 1.165) is 41.6 Å². The van der Waals surface area contributed by atoms with Crippen molar-refractivity contribution < 1.29 is 9.21 Å². The first-order chi connectivity index (χ1) is 9.61. The summed E-state index contributed by atoms with van der Waals surface area (Å²) >= 11 is 3.42. The van der Waals surface area contributed by atoms with Crippen LogP contribution in [0.2, 0.25) is 0 Å². The Kier molecular flexibility index (Phi) is 3.92. The van der Waals surface area contributed by atoms with Gasteiger partial charge in [-0.25, -0.2) is 0 Å². The molecule has 1 aromatic carbocycles. The quantitative estimate of drug-likeness (QED) is 0.807. The van der Waals surface area contributed by atoms with Crippen molar-refractivity contribution in [3.63, 3.8) is 0 Å². The van der Waals surface area contributed by atoms with Crippen LogP contribution < -0.4 is 0 Å². The van der Waals surface area contributed by atoms with Crippen LogP contribution >= 0.6 is 15.9 Å². The van der Waals surface area contributed by atoms with Gasteiger partial charge in [-0.3, -0.25) is 9.69 Å². The Labute approximate surface area is 126 Å². The minimum Gasteiger partial charge on any atom is -0.453 e. The van der Waals surface area contributed by atoms with Gasteiger partial charge in [0, 0.05) is 36.0 Å². The molecule has 4 nitrogen and oxygen atoms in total. The third-order valence-corrected chi connectivity index (χ3v) is 4.21. The second-order valence-corrected chi connectivity index (χ2v) is 6.21. The lowest BCUT2D eigenvalue weighted by molar-refractivity contribution is 0.0852. The third-order valence-electron chi connectivity index (χ3n) is 3.72. The van der Waals surface area contributed by atoms with Gasteiger partial charge in [-0.1, -0.05) is 15.9 Å². The van der Waals surface area contributed by atoms with Crippen molar-refractivity contribution >= 4 is 32.7 Å². The minimum absolute atomic E-state index is 0.0573. The second-order valence-electron chi connectivity index (χ2n) is 5.30. The SMILES string of the molecule is CN1CCN(CC(=O)c2cc3cc(Br)ccc3o2)CC1. The molecule has 0 unspecified atom stereocenters. The zero-order valence-electron chi connectivity index (χ0n) is 11.4. The van der Waals surface area contributed by atoms with E-state index in [9.17, 15) is 4.79 Å². The van der Waals surface area contributed by atoms with Crippen LogP contribution in [0.5, 0.6) is 0 Å². The highest BCUT2D eigenvalue weighted by Crippen LogP contribution is 2.23. The molecule has 2 aromatic rings. The number of carbonyl (C=O) groups excluding carboxylic acids is 1. The van der Waals surface area contributed by atoms with Gasteiger partial charge in [0.25, 0.3) is 0 Å². The highest BCUT2D eigenvalue weighted by atomic mass is 79.9. The van der Waals surface area contributed by atoms with Crippen LogP contribution in [0.15, 0.2) is 33.2 Å². The summed E-state index contributed by atoms with van der Waals surface area (Å²) in [5.41, 5.74) is 0.759. The van der Waals surface area contributed by atoms with Crippen molar-refractivity contribution in [3.8, 4) is 0 Å². The van der Waals surface area contributed by atoms with E-state index in [-0.39, 0.29) is 5.78 Å². The van der Waals surface area contributed by atoms with E-state index in [1.807, 2.05) is 24.3 Å². The molecule has 0 aliphatic carbocycles. The van der Waals surface area contributed by atoms with E-state index in [0.29, 0.717) is 12.3 Å². The van der Waals surface area contributed by atoms with E-state index in [1.165, 1.54) is 0 Å². The van der Waals surface area contributed by atoms with Gasteiger partial charge >= 0.3 is 0 Å². The molecule has 0 atom stereocenters. The molecule has 20 heavy (non-hydrogen) atoms. The summed E-state index contributed by atoms with van der Waals surface area (Å²) in [7, 11) is 2.11. The number of hydrogen-bond donors (Lipinski definition) is 0. The minimum atomic E-state index is 0.0573. The first-order valence-corrected chi connectivity index (χ1v) is 7.54. The van der Waals surface area contributed by atoms with E-state index in [2.05, 4.69) is 32.8 Å². The summed E-state index contributed by atoms with van der Waals surface area (Å²) in [6.45, 7) is 4.34. The molecule has 106 valence electrons. The van der Waals surface area contributed by atoms with E-state index in [1.54, 1.807) is 0 Å². The number of nitrogens with zero attached hydrogens (tertiary/aromatic N) is 2. The number of benzene rings is 1. The van der Waals surface area contributed by atoms with Gasteiger partial charge in [0.05, 0.1) is 6.54 Å².